The van der Waals surface area contributed by atoms with Gasteiger partial charge in [-0.05, 0) is 0 Å². The molecule has 3 aliphatic rings. The SMILES string of the molecule is CC(C)c1ccc2c(c1)-c1cc(C(C)C)ccc1[CH]2[Ti+2]([C]1=CC=CC1)=[C]1CCCC1.[Cl-].[Cl-]. The molecule has 5 rings (SSSR count). The van der Waals surface area contributed by atoms with Gasteiger partial charge in [-0.15, -0.1) is 0 Å². The summed E-state index contributed by atoms with van der Waals surface area (Å²) in [5, 5.41) is 0. The van der Waals surface area contributed by atoms with Crippen molar-refractivity contribution in [2.75, 3.05) is 0 Å². The van der Waals surface area contributed by atoms with Gasteiger partial charge in [-0.3, -0.25) is 0 Å². The topological polar surface area (TPSA) is 0 Å². The zero-order valence-electron chi connectivity index (χ0n) is 19.7. The van der Waals surface area contributed by atoms with E-state index >= 15 is 0 Å². The third-order valence-corrected chi connectivity index (χ3v) is 12.9. The van der Waals surface area contributed by atoms with Crippen LogP contribution in [0.3, 0.4) is 0 Å². The van der Waals surface area contributed by atoms with Gasteiger partial charge >= 0.3 is 189 Å². The monoisotopic (exact) mass is 500 g/mol. The maximum atomic E-state index is 2.53. The fourth-order valence-electron chi connectivity index (χ4n) is 5.65. The quantitative estimate of drug-likeness (QED) is 0.564. The second-order valence-electron chi connectivity index (χ2n) is 9.98. The summed E-state index contributed by atoms with van der Waals surface area (Å²) in [5.74, 6) is 1.15. The molecular formula is C29H34Cl2Ti. The predicted octanol–water partition coefficient (Wildman–Crippen LogP) is 2.22. The standard InChI is InChI=1S/C19H21.C5H8.C5H5.2ClH.Ti/c1-12(2)14-5-7-16-9-17-8-6-15(13(3)4)11-19(17)18(16)10-14;2*1-2-4-5-3-1;;;/h5-13H,1-4H3;1-4H2;1-3H,4H2;2*1H;/q;;;;;+2/p-2. The van der Waals surface area contributed by atoms with E-state index in [2.05, 4.69) is 82.3 Å². The predicted molar refractivity (Wildman–Crippen MR) is 127 cm³/mol. The summed E-state index contributed by atoms with van der Waals surface area (Å²) in [5.41, 5.74) is 9.31. The minimum Gasteiger partial charge on any atom is -1.00 e. The van der Waals surface area contributed by atoms with E-state index in [1.54, 1.807) is 26.1 Å². The fourth-order valence-corrected chi connectivity index (χ4v) is 11.7. The molecule has 32 heavy (non-hydrogen) atoms. The summed E-state index contributed by atoms with van der Waals surface area (Å²) in [7, 11) is 0. The van der Waals surface area contributed by atoms with E-state index in [1.165, 1.54) is 43.2 Å². The average Bonchev–Trinajstić information content (AvgIpc) is 3.50. The van der Waals surface area contributed by atoms with Gasteiger partial charge in [0.15, 0.2) is 0 Å². The Morgan fingerprint density at radius 2 is 1.31 bits per heavy atom. The molecule has 0 heterocycles. The minimum atomic E-state index is -1.59. The molecule has 0 unspecified atom stereocenters. The van der Waals surface area contributed by atoms with Gasteiger partial charge in [0.25, 0.3) is 0 Å². The summed E-state index contributed by atoms with van der Waals surface area (Å²) in [4.78, 5) is 0. The molecule has 1 saturated carbocycles. The van der Waals surface area contributed by atoms with Crippen molar-refractivity contribution in [1.29, 1.82) is 0 Å². The van der Waals surface area contributed by atoms with Crippen molar-refractivity contribution < 1.29 is 42.2 Å². The molecule has 168 valence electrons. The van der Waals surface area contributed by atoms with Gasteiger partial charge in [-0.25, -0.2) is 0 Å². The summed E-state index contributed by atoms with van der Waals surface area (Å²) < 4.78 is 4.42. The third-order valence-electron chi connectivity index (χ3n) is 7.39. The maximum absolute atomic E-state index is 2.53. The number of hydrogen-bond acceptors (Lipinski definition) is 0. The largest absolute Gasteiger partial charge is 1.00 e. The van der Waals surface area contributed by atoms with Crippen molar-refractivity contribution >= 4 is 3.81 Å². The number of rotatable bonds is 4. The first-order valence-electron chi connectivity index (χ1n) is 11.9. The van der Waals surface area contributed by atoms with E-state index in [9.17, 15) is 0 Å². The molecule has 0 spiro atoms. The number of hydrogen-bond donors (Lipinski definition) is 0. The first kappa shape index (κ1) is 25.7. The second kappa shape index (κ2) is 10.6. The van der Waals surface area contributed by atoms with Crippen LogP contribution in [0.5, 0.6) is 0 Å². The number of benzene rings is 2. The van der Waals surface area contributed by atoms with Crippen molar-refractivity contribution in [3.05, 3.63) is 80.8 Å². The molecule has 0 N–H and O–H groups in total. The summed E-state index contributed by atoms with van der Waals surface area (Å²) >= 11 is -1.59. The molecule has 0 bridgehead atoms. The van der Waals surface area contributed by atoms with Gasteiger partial charge in [-0.2, -0.15) is 0 Å². The Bertz CT molecular complexity index is 1020. The van der Waals surface area contributed by atoms with E-state index in [1.807, 2.05) is 3.81 Å². The summed E-state index contributed by atoms with van der Waals surface area (Å²) in [6.45, 7) is 9.29. The van der Waals surface area contributed by atoms with E-state index < -0.39 is 17.4 Å². The van der Waals surface area contributed by atoms with E-state index in [0.717, 1.165) is 0 Å². The van der Waals surface area contributed by atoms with Crippen molar-refractivity contribution in [1.82, 2.24) is 0 Å². The third kappa shape index (κ3) is 4.54. The Hall–Kier alpha value is -0.916. The van der Waals surface area contributed by atoms with Crippen LogP contribution < -0.4 is 24.8 Å². The van der Waals surface area contributed by atoms with Crippen LogP contribution in [0, 0.1) is 0 Å². The van der Waals surface area contributed by atoms with Gasteiger partial charge in [0.1, 0.15) is 0 Å². The summed E-state index contributed by atoms with van der Waals surface area (Å²) in [6, 6.07) is 14.9. The Morgan fingerprint density at radius 3 is 1.75 bits per heavy atom. The number of allylic oxidation sites excluding steroid dienone is 4. The molecule has 0 saturated heterocycles. The molecule has 0 aliphatic heterocycles. The molecule has 0 amide bonds. The molecule has 0 radical (unpaired) electrons. The maximum Gasteiger partial charge on any atom is -1.00 e. The molecule has 0 nitrogen and oxygen atoms in total. The molecule has 2 aromatic rings. The molecule has 3 aliphatic carbocycles. The molecule has 0 aromatic heterocycles. The van der Waals surface area contributed by atoms with Gasteiger partial charge in [0.2, 0.25) is 0 Å². The van der Waals surface area contributed by atoms with E-state index in [0.29, 0.717) is 16.1 Å². The Morgan fingerprint density at radius 1 is 0.781 bits per heavy atom. The minimum absolute atomic E-state index is 0. The van der Waals surface area contributed by atoms with Crippen molar-refractivity contribution in [2.45, 2.75) is 75.9 Å². The van der Waals surface area contributed by atoms with Crippen LogP contribution in [0.4, 0.5) is 0 Å². The van der Waals surface area contributed by atoms with Gasteiger partial charge in [0.05, 0.1) is 0 Å². The van der Waals surface area contributed by atoms with Crippen molar-refractivity contribution in [2.24, 2.45) is 0 Å². The van der Waals surface area contributed by atoms with Crippen molar-refractivity contribution in [3.8, 4) is 11.1 Å². The second-order valence-corrected chi connectivity index (χ2v) is 14.3. The van der Waals surface area contributed by atoms with Crippen LogP contribution in [0.1, 0.15) is 98.1 Å². The zero-order chi connectivity index (χ0) is 20.8. The van der Waals surface area contributed by atoms with Gasteiger partial charge < -0.3 is 24.8 Å². The normalized spacial score (nSPS) is 16.4. The van der Waals surface area contributed by atoms with Crippen LogP contribution >= 0.6 is 0 Å². The van der Waals surface area contributed by atoms with Gasteiger partial charge in [0, 0.05) is 0 Å². The fraction of sp³-hybridized carbons (Fsp3) is 0.414. The first-order chi connectivity index (χ1) is 14.5. The van der Waals surface area contributed by atoms with Crippen LogP contribution in [-0.2, 0) is 17.4 Å². The van der Waals surface area contributed by atoms with Gasteiger partial charge in [-0.1, -0.05) is 0 Å². The molecule has 3 heteroatoms. The Balaban J connectivity index is 0.00000144. The molecule has 1 fully saturated rings. The smallest absolute Gasteiger partial charge is 1.00 e. The summed E-state index contributed by atoms with van der Waals surface area (Å²) in [6.07, 6.45) is 14.0. The average molecular weight is 501 g/mol. The van der Waals surface area contributed by atoms with E-state index in [-0.39, 0.29) is 24.8 Å². The van der Waals surface area contributed by atoms with Crippen LogP contribution in [-0.4, -0.2) is 3.81 Å². The first-order valence-corrected chi connectivity index (χ1v) is 14.4. The number of halogens is 2. The Labute approximate surface area is 212 Å². The van der Waals surface area contributed by atoms with Crippen LogP contribution in [0.25, 0.3) is 11.1 Å². The molecule has 2 aromatic carbocycles. The molecular weight excluding hydrogens is 467 g/mol. The number of fused-ring (bicyclic) bond motifs is 3. The zero-order valence-corrected chi connectivity index (χ0v) is 22.8. The van der Waals surface area contributed by atoms with E-state index in [4.69, 9.17) is 0 Å². The molecule has 0 atom stereocenters. The Kier molecular flexibility index (Phi) is 8.48. The van der Waals surface area contributed by atoms with Crippen LogP contribution in [0.2, 0.25) is 0 Å². The van der Waals surface area contributed by atoms with Crippen LogP contribution in [0.15, 0.2) is 58.5 Å². The van der Waals surface area contributed by atoms with Crippen molar-refractivity contribution in [3.63, 3.8) is 0 Å².